The van der Waals surface area contributed by atoms with Gasteiger partial charge in [0.25, 0.3) is 0 Å². The quantitative estimate of drug-likeness (QED) is 0.724. The van der Waals surface area contributed by atoms with Crippen molar-refractivity contribution < 1.29 is 4.43 Å². The van der Waals surface area contributed by atoms with Gasteiger partial charge in [-0.15, -0.1) is 0 Å². The van der Waals surface area contributed by atoms with Crippen molar-refractivity contribution >= 4 is 40.9 Å². The highest BCUT2D eigenvalue weighted by atomic mass is 79.9. The molecule has 0 aromatic carbocycles. The molecule has 0 aromatic rings. The SMILES string of the molecule is CC(C=C(Br)Br)CO[SiH](C)C. The summed E-state index contributed by atoms with van der Waals surface area (Å²) in [6.45, 7) is 7.34. The number of hydrogen-bond donors (Lipinski definition) is 0. The minimum atomic E-state index is -0.832. The molecule has 0 rings (SSSR count). The van der Waals surface area contributed by atoms with Crippen LogP contribution in [0.3, 0.4) is 0 Å². The second kappa shape index (κ2) is 6.40. The molecule has 0 bridgehead atoms. The van der Waals surface area contributed by atoms with E-state index in [0.29, 0.717) is 5.92 Å². The first-order valence-corrected chi connectivity index (χ1v) is 8.03. The van der Waals surface area contributed by atoms with Crippen molar-refractivity contribution in [2.45, 2.75) is 20.0 Å². The van der Waals surface area contributed by atoms with Crippen molar-refractivity contribution in [1.82, 2.24) is 0 Å². The summed E-state index contributed by atoms with van der Waals surface area (Å²) in [7, 11) is -0.832. The summed E-state index contributed by atoms with van der Waals surface area (Å²) < 4.78 is 6.56. The smallest absolute Gasteiger partial charge is 0.170 e. The third-order valence-electron chi connectivity index (χ3n) is 1.10. The van der Waals surface area contributed by atoms with Gasteiger partial charge < -0.3 is 4.43 Å². The average molecular weight is 302 g/mol. The van der Waals surface area contributed by atoms with E-state index < -0.39 is 9.04 Å². The normalized spacial score (nSPS) is 13.3. The van der Waals surface area contributed by atoms with E-state index in [1.165, 1.54) is 0 Å². The Morgan fingerprint density at radius 3 is 2.45 bits per heavy atom. The Bertz CT molecular complexity index is 132. The molecule has 4 heteroatoms. The van der Waals surface area contributed by atoms with Crippen LogP contribution in [0.2, 0.25) is 13.1 Å². The topological polar surface area (TPSA) is 9.23 Å². The van der Waals surface area contributed by atoms with Crippen LogP contribution in [0.5, 0.6) is 0 Å². The molecule has 1 nitrogen and oxygen atoms in total. The van der Waals surface area contributed by atoms with E-state index in [4.69, 9.17) is 4.43 Å². The van der Waals surface area contributed by atoms with Crippen LogP contribution in [0, 0.1) is 5.92 Å². The molecule has 11 heavy (non-hydrogen) atoms. The number of rotatable bonds is 4. The fourth-order valence-electron chi connectivity index (χ4n) is 0.607. The van der Waals surface area contributed by atoms with Crippen LogP contribution < -0.4 is 0 Å². The Labute approximate surface area is 87.2 Å². The van der Waals surface area contributed by atoms with Gasteiger partial charge in [-0.05, 0) is 50.9 Å². The predicted molar refractivity (Wildman–Crippen MR) is 59.9 cm³/mol. The minimum absolute atomic E-state index is 0.485. The lowest BCUT2D eigenvalue weighted by Gasteiger charge is -2.09. The van der Waals surface area contributed by atoms with Gasteiger partial charge in [-0.3, -0.25) is 0 Å². The Morgan fingerprint density at radius 1 is 1.55 bits per heavy atom. The third kappa shape index (κ3) is 8.79. The summed E-state index contributed by atoms with van der Waals surface area (Å²) in [4.78, 5) is 0. The Morgan fingerprint density at radius 2 is 2.09 bits per heavy atom. The van der Waals surface area contributed by atoms with E-state index in [1.54, 1.807) is 0 Å². The lowest BCUT2D eigenvalue weighted by molar-refractivity contribution is 0.291. The molecule has 0 saturated heterocycles. The van der Waals surface area contributed by atoms with E-state index in [1.807, 2.05) is 0 Å². The molecule has 1 unspecified atom stereocenters. The second-order valence-corrected chi connectivity index (χ2v) is 8.02. The molecule has 0 aliphatic rings. The van der Waals surface area contributed by atoms with Gasteiger partial charge in [-0.2, -0.15) is 0 Å². The summed E-state index contributed by atoms with van der Waals surface area (Å²) >= 11 is 6.63. The molecule has 0 spiro atoms. The van der Waals surface area contributed by atoms with E-state index in [2.05, 4.69) is 58.0 Å². The van der Waals surface area contributed by atoms with Gasteiger partial charge in [-0.1, -0.05) is 13.0 Å². The van der Waals surface area contributed by atoms with Crippen molar-refractivity contribution in [3.05, 3.63) is 9.47 Å². The largest absolute Gasteiger partial charge is 0.420 e. The van der Waals surface area contributed by atoms with Crippen molar-refractivity contribution in [2.75, 3.05) is 6.61 Å². The maximum atomic E-state index is 5.56. The minimum Gasteiger partial charge on any atom is -0.420 e. The molecule has 0 fully saturated rings. The molecular formula is C7H14Br2OSi. The molecule has 0 heterocycles. The van der Waals surface area contributed by atoms with Gasteiger partial charge in [0.15, 0.2) is 9.04 Å². The van der Waals surface area contributed by atoms with Crippen molar-refractivity contribution in [3.63, 3.8) is 0 Å². The highest BCUT2D eigenvalue weighted by Crippen LogP contribution is 2.16. The third-order valence-corrected chi connectivity index (χ3v) is 2.49. The number of halogens is 2. The molecule has 0 aliphatic carbocycles. The van der Waals surface area contributed by atoms with E-state index in [0.717, 1.165) is 10.00 Å². The predicted octanol–water partition coefficient (Wildman–Crippen LogP) is 3.25. The van der Waals surface area contributed by atoms with Crippen molar-refractivity contribution in [1.29, 1.82) is 0 Å². The van der Waals surface area contributed by atoms with Crippen LogP contribution in [-0.2, 0) is 4.43 Å². The highest BCUT2D eigenvalue weighted by Gasteiger charge is 2.01. The van der Waals surface area contributed by atoms with Gasteiger partial charge in [0.05, 0.1) is 3.39 Å². The molecular weight excluding hydrogens is 288 g/mol. The van der Waals surface area contributed by atoms with Gasteiger partial charge in [0.2, 0.25) is 0 Å². The highest BCUT2D eigenvalue weighted by molar-refractivity contribution is 9.28. The molecule has 0 amide bonds. The Hall–Kier alpha value is 0.877. The first-order valence-electron chi connectivity index (χ1n) is 3.66. The molecule has 0 saturated carbocycles. The fraction of sp³-hybridized carbons (Fsp3) is 0.714. The summed E-state index contributed by atoms with van der Waals surface area (Å²) in [6, 6.07) is 0. The molecule has 0 radical (unpaired) electrons. The lowest BCUT2D eigenvalue weighted by Crippen LogP contribution is -2.12. The number of hydrogen-bond acceptors (Lipinski definition) is 1. The first kappa shape index (κ1) is 11.9. The maximum Gasteiger partial charge on any atom is 0.170 e. The van der Waals surface area contributed by atoms with Crippen LogP contribution in [0.4, 0.5) is 0 Å². The zero-order valence-electron chi connectivity index (χ0n) is 7.10. The molecule has 66 valence electrons. The molecule has 0 aliphatic heterocycles. The summed E-state index contributed by atoms with van der Waals surface area (Å²) in [5.41, 5.74) is 0. The van der Waals surface area contributed by atoms with Crippen LogP contribution >= 0.6 is 31.9 Å². The van der Waals surface area contributed by atoms with Crippen LogP contribution in [0.1, 0.15) is 6.92 Å². The second-order valence-electron chi connectivity index (χ2n) is 2.82. The first-order chi connectivity index (χ1) is 5.02. The van der Waals surface area contributed by atoms with Crippen LogP contribution in [0.15, 0.2) is 9.47 Å². The van der Waals surface area contributed by atoms with Crippen LogP contribution in [0.25, 0.3) is 0 Å². The lowest BCUT2D eigenvalue weighted by atomic mass is 10.2. The fourth-order valence-corrected chi connectivity index (χ4v) is 2.20. The van der Waals surface area contributed by atoms with Crippen molar-refractivity contribution in [3.8, 4) is 0 Å². The summed E-state index contributed by atoms with van der Waals surface area (Å²) in [5, 5.41) is 0. The molecule has 1 atom stereocenters. The average Bonchev–Trinajstić information content (AvgIpc) is 1.82. The summed E-state index contributed by atoms with van der Waals surface area (Å²) in [6.07, 6.45) is 2.09. The van der Waals surface area contributed by atoms with Gasteiger partial charge in [0, 0.05) is 6.61 Å². The zero-order valence-corrected chi connectivity index (χ0v) is 11.4. The van der Waals surface area contributed by atoms with Crippen molar-refractivity contribution in [2.24, 2.45) is 5.92 Å². The monoisotopic (exact) mass is 300 g/mol. The maximum absolute atomic E-state index is 5.56. The Balaban J connectivity index is 3.53. The van der Waals surface area contributed by atoms with Gasteiger partial charge in [0.1, 0.15) is 0 Å². The summed E-state index contributed by atoms with van der Waals surface area (Å²) in [5.74, 6) is 0.485. The van der Waals surface area contributed by atoms with Crippen LogP contribution in [-0.4, -0.2) is 15.6 Å². The van der Waals surface area contributed by atoms with Gasteiger partial charge in [-0.25, -0.2) is 0 Å². The standard InChI is InChI=1S/C7H14Br2OSi/c1-6(4-7(8)9)5-10-11(2)3/h4,6,11H,5H2,1-3H3. The molecule has 0 aromatic heterocycles. The Kier molecular flexibility index (Phi) is 6.91. The van der Waals surface area contributed by atoms with E-state index in [-0.39, 0.29) is 0 Å². The zero-order chi connectivity index (χ0) is 8.85. The van der Waals surface area contributed by atoms with Gasteiger partial charge >= 0.3 is 0 Å². The van der Waals surface area contributed by atoms with E-state index >= 15 is 0 Å². The molecule has 0 N–H and O–H groups in total. The van der Waals surface area contributed by atoms with E-state index in [9.17, 15) is 0 Å².